The van der Waals surface area contributed by atoms with Gasteiger partial charge in [0.05, 0.1) is 19.1 Å². The lowest BCUT2D eigenvalue weighted by Gasteiger charge is -2.06. The molecule has 4 rings (SSSR count). The van der Waals surface area contributed by atoms with Crippen molar-refractivity contribution in [3.05, 3.63) is 96.6 Å². The number of nitrogens with zero attached hydrogens (tertiary/aromatic N) is 2. The summed E-state index contributed by atoms with van der Waals surface area (Å²) in [5, 5.41) is 7.65. The molecule has 0 spiro atoms. The number of hydrogen-bond acceptors (Lipinski definition) is 4. The minimum absolute atomic E-state index is 0.176. The number of hydrogen-bond donors (Lipinski definition) is 1. The SMILES string of the molecule is COc1ccccc1-c1nn(-c2ccccc2)cc1/C=C/C(=O)NCCc1ccco1. The van der Waals surface area contributed by atoms with E-state index in [1.54, 1.807) is 24.1 Å². The van der Waals surface area contributed by atoms with Gasteiger partial charge in [-0.2, -0.15) is 5.10 Å². The van der Waals surface area contributed by atoms with Crippen LogP contribution in [0.3, 0.4) is 0 Å². The molecule has 0 unspecified atom stereocenters. The minimum Gasteiger partial charge on any atom is -0.496 e. The highest BCUT2D eigenvalue weighted by molar-refractivity contribution is 5.93. The van der Waals surface area contributed by atoms with E-state index in [-0.39, 0.29) is 5.91 Å². The summed E-state index contributed by atoms with van der Waals surface area (Å²) >= 11 is 0. The second-order valence-corrected chi connectivity index (χ2v) is 6.87. The number of amides is 1. The van der Waals surface area contributed by atoms with Crippen LogP contribution >= 0.6 is 0 Å². The van der Waals surface area contributed by atoms with Gasteiger partial charge in [-0.3, -0.25) is 4.79 Å². The van der Waals surface area contributed by atoms with Crippen LogP contribution in [0.1, 0.15) is 11.3 Å². The van der Waals surface area contributed by atoms with Gasteiger partial charge in [0, 0.05) is 36.4 Å². The first-order valence-electron chi connectivity index (χ1n) is 10.0. The van der Waals surface area contributed by atoms with Crippen molar-refractivity contribution < 1.29 is 13.9 Å². The molecule has 1 N–H and O–H groups in total. The van der Waals surface area contributed by atoms with Crippen molar-refractivity contribution in [1.82, 2.24) is 15.1 Å². The third-order valence-electron chi connectivity index (χ3n) is 4.79. The topological polar surface area (TPSA) is 69.3 Å². The van der Waals surface area contributed by atoms with Gasteiger partial charge < -0.3 is 14.5 Å². The molecular weight excluding hydrogens is 390 g/mol. The molecule has 6 nitrogen and oxygen atoms in total. The lowest BCUT2D eigenvalue weighted by molar-refractivity contribution is -0.116. The van der Waals surface area contributed by atoms with Crippen LogP contribution in [0, 0.1) is 0 Å². The summed E-state index contributed by atoms with van der Waals surface area (Å²) in [4.78, 5) is 12.3. The number of aromatic nitrogens is 2. The zero-order valence-electron chi connectivity index (χ0n) is 17.2. The first kappa shape index (κ1) is 20.2. The lowest BCUT2D eigenvalue weighted by atomic mass is 10.1. The summed E-state index contributed by atoms with van der Waals surface area (Å²) in [6.07, 6.45) is 7.47. The van der Waals surface area contributed by atoms with E-state index in [0.717, 1.165) is 34.0 Å². The summed E-state index contributed by atoms with van der Waals surface area (Å²) in [5.41, 5.74) is 3.34. The van der Waals surface area contributed by atoms with Crippen molar-refractivity contribution in [3.63, 3.8) is 0 Å². The summed E-state index contributed by atoms with van der Waals surface area (Å²) < 4.78 is 12.6. The Bertz CT molecular complexity index is 1160. The second-order valence-electron chi connectivity index (χ2n) is 6.87. The van der Waals surface area contributed by atoms with E-state index in [0.29, 0.717) is 13.0 Å². The number of rotatable bonds is 8. The van der Waals surface area contributed by atoms with Gasteiger partial charge in [0.2, 0.25) is 5.91 Å². The summed E-state index contributed by atoms with van der Waals surface area (Å²) in [5.74, 6) is 1.38. The van der Waals surface area contributed by atoms with Crippen molar-refractivity contribution in [3.8, 4) is 22.7 Å². The van der Waals surface area contributed by atoms with E-state index in [4.69, 9.17) is 14.3 Å². The maximum absolute atomic E-state index is 12.3. The number of ether oxygens (including phenoxy) is 1. The van der Waals surface area contributed by atoms with Crippen molar-refractivity contribution in [1.29, 1.82) is 0 Å². The number of methoxy groups -OCH3 is 1. The summed E-state index contributed by atoms with van der Waals surface area (Å²) in [7, 11) is 1.63. The van der Waals surface area contributed by atoms with Crippen LogP contribution in [0.4, 0.5) is 0 Å². The van der Waals surface area contributed by atoms with Crippen LogP contribution in [0.2, 0.25) is 0 Å². The Labute approximate surface area is 180 Å². The quantitative estimate of drug-likeness (QED) is 0.432. The molecule has 0 aliphatic carbocycles. The lowest BCUT2D eigenvalue weighted by Crippen LogP contribution is -2.23. The molecule has 0 atom stereocenters. The molecule has 0 radical (unpaired) electrons. The van der Waals surface area contributed by atoms with Crippen molar-refractivity contribution in [2.45, 2.75) is 6.42 Å². The molecule has 0 bridgehead atoms. The number of nitrogens with one attached hydrogen (secondary N) is 1. The van der Waals surface area contributed by atoms with Crippen LogP contribution < -0.4 is 10.1 Å². The smallest absolute Gasteiger partial charge is 0.244 e. The molecule has 156 valence electrons. The van der Waals surface area contributed by atoms with Crippen LogP contribution in [0.15, 0.2) is 89.7 Å². The van der Waals surface area contributed by atoms with E-state index in [9.17, 15) is 4.79 Å². The number of furan rings is 1. The normalized spacial score (nSPS) is 11.0. The van der Waals surface area contributed by atoms with Gasteiger partial charge in [-0.05, 0) is 42.5 Å². The van der Waals surface area contributed by atoms with E-state index < -0.39 is 0 Å². The molecule has 2 aromatic carbocycles. The highest BCUT2D eigenvalue weighted by atomic mass is 16.5. The Morgan fingerprint density at radius 3 is 2.68 bits per heavy atom. The van der Waals surface area contributed by atoms with Gasteiger partial charge in [0.15, 0.2) is 0 Å². The van der Waals surface area contributed by atoms with Crippen molar-refractivity contribution in [2.75, 3.05) is 13.7 Å². The molecule has 1 amide bonds. The average molecular weight is 413 g/mol. The largest absolute Gasteiger partial charge is 0.496 e. The van der Waals surface area contributed by atoms with Crippen LogP contribution in [-0.2, 0) is 11.2 Å². The van der Waals surface area contributed by atoms with E-state index in [1.165, 1.54) is 6.08 Å². The number of carbonyl (C=O) groups excluding carboxylic acids is 1. The molecule has 2 aromatic heterocycles. The Morgan fingerprint density at radius 2 is 1.90 bits per heavy atom. The fraction of sp³-hybridized carbons (Fsp3) is 0.120. The second kappa shape index (κ2) is 9.63. The molecular formula is C25H23N3O3. The number of para-hydroxylation sites is 2. The Morgan fingerprint density at radius 1 is 1.10 bits per heavy atom. The molecule has 4 aromatic rings. The maximum Gasteiger partial charge on any atom is 0.244 e. The van der Waals surface area contributed by atoms with Gasteiger partial charge in [-0.15, -0.1) is 0 Å². The molecule has 0 saturated carbocycles. The van der Waals surface area contributed by atoms with Crippen LogP contribution in [0.25, 0.3) is 23.0 Å². The van der Waals surface area contributed by atoms with Crippen LogP contribution in [-0.4, -0.2) is 29.3 Å². The van der Waals surface area contributed by atoms with Gasteiger partial charge >= 0.3 is 0 Å². The molecule has 0 saturated heterocycles. The van der Waals surface area contributed by atoms with Crippen LogP contribution in [0.5, 0.6) is 5.75 Å². The summed E-state index contributed by atoms with van der Waals surface area (Å²) in [6, 6.07) is 21.3. The maximum atomic E-state index is 12.3. The highest BCUT2D eigenvalue weighted by Gasteiger charge is 2.14. The number of benzene rings is 2. The summed E-state index contributed by atoms with van der Waals surface area (Å²) in [6.45, 7) is 0.499. The monoisotopic (exact) mass is 413 g/mol. The van der Waals surface area contributed by atoms with Crippen molar-refractivity contribution >= 4 is 12.0 Å². The zero-order chi connectivity index (χ0) is 21.5. The third-order valence-corrected chi connectivity index (χ3v) is 4.79. The fourth-order valence-corrected chi connectivity index (χ4v) is 3.26. The fourth-order valence-electron chi connectivity index (χ4n) is 3.26. The first-order valence-corrected chi connectivity index (χ1v) is 10.0. The van der Waals surface area contributed by atoms with E-state index in [2.05, 4.69) is 5.32 Å². The standard InChI is InChI=1S/C25H23N3O3/c1-30-23-12-6-5-11-22(23)25-19(18-28(27-25)20-8-3-2-4-9-20)13-14-24(29)26-16-15-21-10-7-17-31-21/h2-14,17-18H,15-16H2,1H3,(H,26,29)/b14-13+. The molecule has 0 aliphatic rings. The molecule has 31 heavy (non-hydrogen) atoms. The van der Waals surface area contributed by atoms with Gasteiger partial charge in [-0.1, -0.05) is 30.3 Å². The predicted molar refractivity (Wildman–Crippen MR) is 120 cm³/mol. The third kappa shape index (κ3) is 4.93. The highest BCUT2D eigenvalue weighted by Crippen LogP contribution is 2.32. The molecule has 0 aliphatic heterocycles. The Balaban J connectivity index is 1.58. The van der Waals surface area contributed by atoms with Crippen molar-refractivity contribution in [2.24, 2.45) is 0 Å². The zero-order valence-corrected chi connectivity index (χ0v) is 17.2. The first-order chi connectivity index (χ1) is 15.2. The van der Waals surface area contributed by atoms with Gasteiger partial charge in [-0.25, -0.2) is 4.68 Å². The van der Waals surface area contributed by atoms with Gasteiger partial charge in [0.25, 0.3) is 0 Å². The average Bonchev–Trinajstić information content (AvgIpc) is 3.48. The minimum atomic E-state index is -0.176. The Kier molecular flexibility index (Phi) is 6.28. The Hall–Kier alpha value is -4.06. The molecule has 6 heteroatoms. The van der Waals surface area contributed by atoms with E-state index in [1.807, 2.05) is 72.9 Å². The number of carbonyl (C=O) groups is 1. The van der Waals surface area contributed by atoms with E-state index >= 15 is 0 Å². The predicted octanol–water partition coefficient (Wildman–Crippen LogP) is 4.51. The van der Waals surface area contributed by atoms with Gasteiger partial charge in [0.1, 0.15) is 17.2 Å². The molecule has 0 fully saturated rings. The molecule has 2 heterocycles.